The van der Waals surface area contributed by atoms with Crippen molar-refractivity contribution < 1.29 is 18.7 Å². The molecule has 7 nitrogen and oxygen atoms in total. The highest BCUT2D eigenvalue weighted by molar-refractivity contribution is 6.02. The van der Waals surface area contributed by atoms with E-state index in [1.807, 2.05) is 0 Å². The first-order valence-electron chi connectivity index (χ1n) is 8.69. The topological polar surface area (TPSA) is 92.6 Å². The van der Waals surface area contributed by atoms with Crippen molar-refractivity contribution in [2.45, 2.75) is 19.4 Å². The fourth-order valence-electron chi connectivity index (χ4n) is 2.89. The molecule has 1 aliphatic rings. The Hall–Kier alpha value is -2.51. The van der Waals surface area contributed by atoms with Crippen molar-refractivity contribution >= 4 is 29.9 Å². The number of nitrogens with one attached hydrogen (secondary N) is 3. The number of benzene rings is 1. The number of ether oxygens (including phenoxy) is 1. The lowest BCUT2D eigenvalue weighted by Crippen LogP contribution is -2.49. The zero-order valence-electron chi connectivity index (χ0n) is 15.1. The summed E-state index contributed by atoms with van der Waals surface area (Å²) in [5, 5.41) is 9.05. The normalized spacial score (nSPS) is 18.9. The molecule has 0 bridgehead atoms. The third-order valence-corrected chi connectivity index (χ3v) is 4.34. The van der Waals surface area contributed by atoms with Crippen LogP contribution >= 0.6 is 12.4 Å². The van der Waals surface area contributed by atoms with E-state index < -0.39 is 0 Å². The molecule has 0 spiro atoms. The monoisotopic (exact) mass is 393 g/mol. The van der Waals surface area contributed by atoms with E-state index in [0.29, 0.717) is 17.4 Å². The van der Waals surface area contributed by atoms with Gasteiger partial charge in [-0.2, -0.15) is 0 Å². The molecule has 1 aliphatic heterocycles. The van der Waals surface area contributed by atoms with E-state index in [2.05, 4.69) is 22.9 Å². The second-order valence-corrected chi connectivity index (χ2v) is 6.39. The molecule has 27 heavy (non-hydrogen) atoms. The van der Waals surface area contributed by atoms with Gasteiger partial charge in [0.15, 0.2) is 12.4 Å². The van der Waals surface area contributed by atoms with E-state index in [0.717, 1.165) is 19.5 Å². The molecular weight excluding hydrogens is 370 g/mol. The van der Waals surface area contributed by atoms with Crippen LogP contribution in [0.25, 0.3) is 0 Å². The number of hydrogen-bond acceptors (Lipinski definition) is 5. The first-order chi connectivity index (χ1) is 12.6. The molecule has 8 heteroatoms. The molecule has 2 aromatic rings. The van der Waals surface area contributed by atoms with Crippen molar-refractivity contribution in [3.8, 4) is 5.75 Å². The molecule has 0 saturated carbocycles. The number of carbonyl (C=O) groups excluding carboxylic acids is 2. The number of carbonyl (C=O) groups is 2. The van der Waals surface area contributed by atoms with Crippen LogP contribution in [0.5, 0.6) is 5.75 Å². The summed E-state index contributed by atoms with van der Waals surface area (Å²) in [4.78, 5) is 24.1. The molecule has 1 aromatic carbocycles. The van der Waals surface area contributed by atoms with Gasteiger partial charge in [0.05, 0.1) is 6.26 Å². The summed E-state index contributed by atoms with van der Waals surface area (Å²) >= 11 is 0. The summed E-state index contributed by atoms with van der Waals surface area (Å²) in [7, 11) is 0. The number of furan rings is 1. The van der Waals surface area contributed by atoms with Gasteiger partial charge in [0.25, 0.3) is 11.8 Å². The second kappa shape index (κ2) is 9.99. The fourth-order valence-corrected chi connectivity index (χ4v) is 2.89. The average Bonchev–Trinajstić information content (AvgIpc) is 3.17. The van der Waals surface area contributed by atoms with Crippen molar-refractivity contribution in [1.82, 2.24) is 10.6 Å². The highest BCUT2D eigenvalue weighted by Gasteiger charge is 2.22. The quantitative estimate of drug-likeness (QED) is 0.701. The molecule has 2 amide bonds. The predicted octanol–water partition coefficient (Wildman–Crippen LogP) is 2.45. The maximum atomic E-state index is 12.1. The van der Waals surface area contributed by atoms with E-state index in [1.54, 1.807) is 36.4 Å². The Balaban J connectivity index is 0.00000261. The number of halogens is 1. The van der Waals surface area contributed by atoms with Gasteiger partial charge in [0, 0.05) is 17.8 Å². The Labute approximate surface area is 164 Å². The van der Waals surface area contributed by atoms with Crippen molar-refractivity contribution in [3.05, 3.63) is 48.4 Å². The van der Waals surface area contributed by atoms with Crippen LogP contribution < -0.4 is 20.7 Å². The van der Waals surface area contributed by atoms with Crippen molar-refractivity contribution in [3.63, 3.8) is 0 Å². The van der Waals surface area contributed by atoms with Crippen molar-refractivity contribution in [1.29, 1.82) is 0 Å². The van der Waals surface area contributed by atoms with Gasteiger partial charge in [-0.25, -0.2) is 0 Å². The molecule has 1 aromatic heterocycles. The van der Waals surface area contributed by atoms with Gasteiger partial charge in [0.2, 0.25) is 0 Å². The summed E-state index contributed by atoms with van der Waals surface area (Å²) in [6, 6.07) is 10.3. The lowest BCUT2D eigenvalue weighted by Gasteiger charge is -2.30. The molecule has 1 saturated heterocycles. The summed E-state index contributed by atoms with van der Waals surface area (Å²) in [6.07, 6.45) is 2.36. The molecule has 2 heterocycles. The molecule has 3 N–H and O–H groups in total. The molecule has 3 rings (SSSR count). The maximum absolute atomic E-state index is 12.1. The Morgan fingerprint density at radius 3 is 2.89 bits per heavy atom. The van der Waals surface area contributed by atoms with Crippen molar-refractivity contribution in [2.75, 3.05) is 25.0 Å². The van der Waals surface area contributed by atoms with Crippen LogP contribution in [0.3, 0.4) is 0 Å². The van der Waals surface area contributed by atoms with Crippen LogP contribution in [0, 0.1) is 5.92 Å². The first kappa shape index (κ1) is 20.8. The Morgan fingerprint density at radius 2 is 2.15 bits per heavy atom. The van der Waals surface area contributed by atoms with Crippen LogP contribution in [-0.4, -0.2) is 37.6 Å². The molecule has 0 radical (unpaired) electrons. The molecule has 2 unspecified atom stereocenters. The van der Waals surface area contributed by atoms with Gasteiger partial charge < -0.3 is 25.1 Å². The third kappa shape index (κ3) is 6.01. The third-order valence-electron chi connectivity index (χ3n) is 4.34. The second-order valence-electron chi connectivity index (χ2n) is 6.39. The highest BCUT2D eigenvalue weighted by atomic mass is 35.5. The number of hydrogen-bond donors (Lipinski definition) is 3. The van der Waals surface area contributed by atoms with Crippen LogP contribution in [0.2, 0.25) is 0 Å². The number of rotatable bonds is 6. The number of anilines is 1. The number of amides is 2. The summed E-state index contributed by atoms with van der Waals surface area (Å²) in [5.74, 6) is 0.647. The Bertz CT molecular complexity index is 751. The fraction of sp³-hybridized carbons (Fsp3) is 0.368. The minimum absolute atomic E-state index is 0. The van der Waals surface area contributed by atoms with Crippen LogP contribution in [0.1, 0.15) is 23.9 Å². The summed E-state index contributed by atoms with van der Waals surface area (Å²) in [6.45, 7) is 3.87. The lowest BCUT2D eigenvalue weighted by atomic mass is 9.95. The van der Waals surface area contributed by atoms with Crippen molar-refractivity contribution in [2.24, 2.45) is 5.92 Å². The number of piperidine rings is 1. The maximum Gasteiger partial charge on any atom is 0.291 e. The zero-order chi connectivity index (χ0) is 18.4. The smallest absolute Gasteiger partial charge is 0.291 e. The molecule has 2 atom stereocenters. The Morgan fingerprint density at radius 1 is 1.30 bits per heavy atom. The van der Waals surface area contributed by atoms with E-state index in [4.69, 9.17) is 9.15 Å². The lowest BCUT2D eigenvalue weighted by molar-refractivity contribution is -0.124. The SMILES string of the molecule is CC1CNCCC1NC(=O)COc1cccc(NC(=O)c2ccco2)c1.Cl. The van der Waals surface area contributed by atoms with E-state index in [9.17, 15) is 9.59 Å². The standard InChI is InChI=1S/C19H23N3O4.ClH/c1-13-11-20-8-7-16(13)22-18(23)12-26-15-5-2-4-14(10-15)21-19(24)17-6-3-9-25-17;/h2-6,9-10,13,16,20H,7-8,11-12H2,1H3,(H,21,24)(H,22,23);1H. The molecule has 146 valence electrons. The zero-order valence-corrected chi connectivity index (χ0v) is 15.9. The van der Waals surface area contributed by atoms with Gasteiger partial charge in [-0.15, -0.1) is 12.4 Å². The van der Waals surface area contributed by atoms with E-state index in [-0.39, 0.29) is 42.6 Å². The van der Waals surface area contributed by atoms with E-state index in [1.165, 1.54) is 6.26 Å². The van der Waals surface area contributed by atoms with Gasteiger partial charge in [-0.1, -0.05) is 13.0 Å². The van der Waals surface area contributed by atoms with Gasteiger partial charge in [0.1, 0.15) is 5.75 Å². The summed E-state index contributed by atoms with van der Waals surface area (Å²) in [5.41, 5.74) is 0.566. The predicted molar refractivity (Wildman–Crippen MR) is 104 cm³/mol. The van der Waals surface area contributed by atoms with Crippen LogP contribution in [-0.2, 0) is 4.79 Å². The first-order valence-corrected chi connectivity index (χ1v) is 8.69. The minimum atomic E-state index is -0.343. The van der Waals surface area contributed by atoms with E-state index >= 15 is 0 Å². The van der Waals surface area contributed by atoms with Gasteiger partial charge >= 0.3 is 0 Å². The van der Waals surface area contributed by atoms with Gasteiger partial charge in [-0.05, 0) is 49.7 Å². The molecule has 1 fully saturated rings. The highest BCUT2D eigenvalue weighted by Crippen LogP contribution is 2.18. The largest absolute Gasteiger partial charge is 0.484 e. The van der Waals surface area contributed by atoms with Crippen LogP contribution in [0.4, 0.5) is 5.69 Å². The molecular formula is C19H24ClN3O4. The van der Waals surface area contributed by atoms with Crippen LogP contribution in [0.15, 0.2) is 47.1 Å². The summed E-state index contributed by atoms with van der Waals surface area (Å²) < 4.78 is 10.6. The Kier molecular flexibility index (Phi) is 7.69. The van der Waals surface area contributed by atoms with Gasteiger partial charge in [-0.3, -0.25) is 9.59 Å². The average molecular weight is 394 g/mol. The molecule has 0 aliphatic carbocycles. The minimum Gasteiger partial charge on any atom is -0.484 e.